The van der Waals surface area contributed by atoms with E-state index in [4.69, 9.17) is 11.6 Å². The number of hydrogen-bond acceptors (Lipinski definition) is 2. The molecule has 0 fully saturated rings. The van der Waals surface area contributed by atoms with Crippen LogP contribution in [0.2, 0.25) is 5.02 Å². The van der Waals surface area contributed by atoms with Crippen LogP contribution in [0.5, 0.6) is 0 Å². The molecule has 1 unspecified atom stereocenters. The second-order valence-electron chi connectivity index (χ2n) is 6.50. The molecule has 1 amide bonds. The number of hydrogen-bond donors (Lipinski definition) is 1. The molecule has 27 heavy (non-hydrogen) atoms. The van der Waals surface area contributed by atoms with Gasteiger partial charge in [0.25, 0.3) is 5.91 Å². The molecular weight excluding hydrogens is 358 g/mol. The number of aliphatic hydroxyl groups excluding tert-OH is 1. The largest absolute Gasteiger partial charge is 0.503 e. The van der Waals surface area contributed by atoms with E-state index in [0.717, 1.165) is 16.7 Å². The molecule has 0 aromatic heterocycles. The lowest BCUT2D eigenvalue weighted by atomic mass is 9.93. The molecule has 134 valence electrons. The second kappa shape index (κ2) is 7.29. The van der Waals surface area contributed by atoms with Crippen molar-refractivity contribution >= 4 is 23.1 Å². The average Bonchev–Trinajstić information content (AvgIpc) is 2.95. The number of carbonyl (C=O) groups excluding carboxylic acids is 1. The maximum atomic E-state index is 12.9. The zero-order chi connectivity index (χ0) is 18.8. The Morgan fingerprint density at radius 2 is 1.44 bits per heavy atom. The molecule has 0 bridgehead atoms. The molecule has 0 saturated carbocycles. The minimum Gasteiger partial charge on any atom is -0.503 e. The minimum absolute atomic E-state index is 0.197. The van der Waals surface area contributed by atoms with Crippen LogP contribution in [0.4, 0.5) is 0 Å². The summed E-state index contributed by atoms with van der Waals surface area (Å²) in [4.78, 5) is 14.6. The number of aliphatic hydroxyl groups is 1. The molecule has 3 nitrogen and oxygen atoms in total. The van der Waals surface area contributed by atoms with E-state index in [1.165, 1.54) is 0 Å². The van der Waals surface area contributed by atoms with Crippen molar-refractivity contribution in [1.29, 1.82) is 0 Å². The molecule has 1 atom stereocenters. The summed E-state index contributed by atoms with van der Waals surface area (Å²) in [5.41, 5.74) is 3.37. The Kier molecular flexibility index (Phi) is 4.69. The van der Waals surface area contributed by atoms with Crippen molar-refractivity contribution in [3.8, 4) is 0 Å². The van der Waals surface area contributed by atoms with Gasteiger partial charge in [-0.3, -0.25) is 4.79 Å². The molecule has 3 aromatic rings. The number of nitrogens with zero attached hydrogens (tertiary/aromatic N) is 1. The standard InChI is InChI=1S/C23H18ClNO2/c24-19-13-11-18(12-14-19)21-20(17-9-5-2-6-10-17)22(26)23(27)25(21)15-16-7-3-1-4-8-16/h1-14,21,26H,15H2. The van der Waals surface area contributed by atoms with E-state index in [-0.39, 0.29) is 17.7 Å². The lowest BCUT2D eigenvalue weighted by molar-refractivity contribution is -0.130. The number of benzene rings is 3. The zero-order valence-electron chi connectivity index (χ0n) is 14.5. The Bertz CT molecular complexity index is 982. The number of rotatable bonds is 4. The first kappa shape index (κ1) is 17.4. The van der Waals surface area contributed by atoms with Crippen molar-refractivity contribution in [1.82, 2.24) is 4.90 Å². The summed E-state index contributed by atoms with van der Waals surface area (Å²) in [7, 11) is 0. The number of halogens is 1. The van der Waals surface area contributed by atoms with Gasteiger partial charge in [0.15, 0.2) is 5.76 Å². The Labute approximate surface area is 163 Å². The van der Waals surface area contributed by atoms with E-state index >= 15 is 0 Å². The lowest BCUT2D eigenvalue weighted by Gasteiger charge is -2.27. The summed E-state index contributed by atoms with van der Waals surface area (Å²) >= 11 is 6.05. The zero-order valence-corrected chi connectivity index (χ0v) is 15.3. The lowest BCUT2D eigenvalue weighted by Crippen LogP contribution is -2.29. The maximum absolute atomic E-state index is 12.9. The normalized spacial score (nSPS) is 16.9. The van der Waals surface area contributed by atoms with E-state index in [1.54, 1.807) is 17.0 Å². The molecule has 0 radical (unpaired) electrons. The highest BCUT2D eigenvalue weighted by molar-refractivity contribution is 6.30. The van der Waals surface area contributed by atoms with Gasteiger partial charge in [0.05, 0.1) is 6.04 Å². The van der Waals surface area contributed by atoms with Gasteiger partial charge >= 0.3 is 0 Å². The molecule has 1 N–H and O–H groups in total. The van der Waals surface area contributed by atoms with Gasteiger partial charge < -0.3 is 10.0 Å². The van der Waals surface area contributed by atoms with Gasteiger partial charge in [0.2, 0.25) is 0 Å². The van der Waals surface area contributed by atoms with Gasteiger partial charge in [-0.15, -0.1) is 0 Å². The van der Waals surface area contributed by atoms with Gasteiger partial charge in [-0.1, -0.05) is 84.4 Å². The van der Waals surface area contributed by atoms with Gasteiger partial charge in [-0.2, -0.15) is 0 Å². The number of amides is 1. The average molecular weight is 376 g/mol. The Morgan fingerprint density at radius 1 is 0.852 bits per heavy atom. The fourth-order valence-corrected chi connectivity index (χ4v) is 3.63. The topological polar surface area (TPSA) is 40.5 Å². The van der Waals surface area contributed by atoms with Crippen molar-refractivity contribution in [2.75, 3.05) is 0 Å². The molecular formula is C23H18ClNO2. The van der Waals surface area contributed by atoms with Crippen molar-refractivity contribution in [2.45, 2.75) is 12.6 Å². The van der Waals surface area contributed by atoms with Crippen LogP contribution in [0.1, 0.15) is 22.7 Å². The first-order valence-corrected chi connectivity index (χ1v) is 9.12. The summed E-state index contributed by atoms with van der Waals surface area (Å²) in [5, 5.41) is 11.3. The van der Waals surface area contributed by atoms with Crippen LogP contribution in [0.15, 0.2) is 90.7 Å². The van der Waals surface area contributed by atoms with Crippen molar-refractivity contribution < 1.29 is 9.90 Å². The molecule has 4 heteroatoms. The summed E-state index contributed by atoms with van der Waals surface area (Å²) in [6.07, 6.45) is 0. The van der Waals surface area contributed by atoms with Crippen LogP contribution in [0.3, 0.4) is 0 Å². The number of carbonyl (C=O) groups is 1. The fraction of sp³-hybridized carbons (Fsp3) is 0.0870. The van der Waals surface area contributed by atoms with Gasteiger partial charge in [0, 0.05) is 17.1 Å². The third-order valence-corrected chi connectivity index (χ3v) is 5.02. The van der Waals surface area contributed by atoms with Crippen LogP contribution >= 0.6 is 11.6 Å². The molecule has 1 heterocycles. The minimum atomic E-state index is -0.377. The Balaban J connectivity index is 1.81. The van der Waals surface area contributed by atoms with E-state index < -0.39 is 0 Å². The summed E-state index contributed by atoms with van der Waals surface area (Å²) in [6.45, 7) is 0.410. The third kappa shape index (κ3) is 3.34. The quantitative estimate of drug-likeness (QED) is 0.663. The van der Waals surface area contributed by atoms with Gasteiger partial charge in [-0.05, 0) is 28.8 Å². The smallest absolute Gasteiger partial charge is 0.290 e. The molecule has 1 aliphatic rings. The Hall–Kier alpha value is -3.04. The molecule has 0 aliphatic carbocycles. The van der Waals surface area contributed by atoms with E-state index in [0.29, 0.717) is 17.1 Å². The Morgan fingerprint density at radius 3 is 2.07 bits per heavy atom. The highest BCUT2D eigenvalue weighted by Crippen LogP contribution is 2.43. The van der Waals surface area contributed by atoms with Gasteiger partial charge in [-0.25, -0.2) is 0 Å². The highest BCUT2D eigenvalue weighted by Gasteiger charge is 2.40. The van der Waals surface area contributed by atoms with E-state index in [9.17, 15) is 9.90 Å². The van der Waals surface area contributed by atoms with E-state index in [2.05, 4.69) is 0 Å². The SMILES string of the molecule is O=C1C(O)=C(c2ccccc2)C(c2ccc(Cl)cc2)N1Cc1ccccc1. The van der Waals surface area contributed by atoms with Crippen LogP contribution in [0.25, 0.3) is 5.57 Å². The summed E-state index contributed by atoms with van der Waals surface area (Å²) < 4.78 is 0. The predicted octanol–water partition coefficient (Wildman–Crippen LogP) is 5.39. The van der Waals surface area contributed by atoms with Crippen molar-refractivity contribution in [3.63, 3.8) is 0 Å². The van der Waals surface area contributed by atoms with Crippen molar-refractivity contribution in [2.24, 2.45) is 0 Å². The van der Waals surface area contributed by atoms with Crippen LogP contribution in [-0.4, -0.2) is 15.9 Å². The second-order valence-corrected chi connectivity index (χ2v) is 6.94. The highest BCUT2D eigenvalue weighted by atomic mass is 35.5. The molecule has 0 spiro atoms. The molecule has 4 rings (SSSR count). The summed E-state index contributed by atoms with van der Waals surface area (Å²) in [5.74, 6) is -0.560. The third-order valence-electron chi connectivity index (χ3n) is 4.77. The van der Waals surface area contributed by atoms with Crippen LogP contribution in [-0.2, 0) is 11.3 Å². The van der Waals surface area contributed by atoms with Crippen LogP contribution in [0, 0.1) is 0 Å². The predicted molar refractivity (Wildman–Crippen MR) is 107 cm³/mol. The van der Waals surface area contributed by atoms with Gasteiger partial charge in [0.1, 0.15) is 0 Å². The monoisotopic (exact) mass is 375 g/mol. The molecule has 1 aliphatic heterocycles. The first-order chi connectivity index (χ1) is 13.1. The summed E-state index contributed by atoms with van der Waals surface area (Å²) in [6, 6.07) is 26.4. The fourth-order valence-electron chi connectivity index (χ4n) is 3.50. The van der Waals surface area contributed by atoms with E-state index in [1.807, 2.05) is 72.8 Å². The first-order valence-electron chi connectivity index (χ1n) is 8.74. The molecule has 3 aromatic carbocycles. The maximum Gasteiger partial charge on any atom is 0.290 e. The molecule has 0 saturated heterocycles. The van der Waals surface area contributed by atoms with Crippen molar-refractivity contribution in [3.05, 3.63) is 112 Å². The van der Waals surface area contributed by atoms with Crippen LogP contribution < -0.4 is 0 Å².